The summed E-state index contributed by atoms with van der Waals surface area (Å²) in [4.78, 5) is 12.2. The van der Waals surface area contributed by atoms with E-state index >= 15 is 0 Å². The van der Waals surface area contributed by atoms with Crippen LogP contribution in [0.15, 0.2) is 34.8 Å². The van der Waals surface area contributed by atoms with Gasteiger partial charge in [0.25, 0.3) is 5.91 Å². The molecule has 0 aliphatic carbocycles. The van der Waals surface area contributed by atoms with E-state index in [4.69, 9.17) is 16.3 Å². The Morgan fingerprint density at radius 1 is 1.33 bits per heavy atom. The van der Waals surface area contributed by atoms with Gasteiger partial charge in [-0.2, -0.15) is 0 Å². The van der Waals surface area contributed by atoms with Gasteiger partial charge in [-0.25, -0.2) is 0 Å². The molecule has 6 heteroatoms. The maximum absolute atomic E-state index is 12.2. The second-order valence-corrected chi connectivity index (χ2v) is 5.68. The zero-order chi connectivity index (χ0) is 15.6. The Hall–Kier alpha value is -1.72. The number of phenolic OH excluding ortho intramolecular Hbond substituents is 1. The molecule has 1 amide bonds. The highest BCUT2D eigenvalue weighted by molar-refractivity contribution is 9.10. The number of rotatable bonds is 3. The molecule has 0 saturated carbocycles. The quantitative estimate of drug-likeness (QED) is 0.843. The summed E-state index contributed by atoms with van der Waals surface area (Å²) >= 11 is 9.43. The van der Waals surface area contributed by atoms with Crippen molar-refractivity contribution in [2.24, 2.45) is 0 Å². The third-order valence-electron chi connectivity index (χ3n) is 2.94. The summed E-state index contributed by atoms with van der Waals surface area (Å²) < 4.78 is 5.67. The molecular formula is C15H13BrClNO3. The van der Waals surface area contributed by atoms with Gasteiger partial charge >= 0.3 is 0 Å². The Morgan fingerprint density at radius 3 is 2.67 bits per heavy atom. The summed E-state index contributed by atoms with van der Waals surface area (Å²) in [5.74, 6) is -0.133. The van der Waals surface area contributed by atoms with Crippen molar-refractivity contribution < 1.29 is 14.6 Å². The van der Waals surface area contributed by atoms with Crippen LogP contribution in [0.4, 0.5) is 5.69 Å². The normalized spacial score (nSPS) is 10.3. The average molecular weight is 371 g/mol. The van der Waals surface area contributed by atoms with Gasteiger partial charge in [0, 0.05) is 15.1 Å². The number of benzene rings is 2. The number of anilines is 1. The number of phenols is 1. The Morgan fingerprint density at radius 2 is 2.05 bits per heavy atom. The third kappa shape index (κ3) is 3.49. The van der Waals surface area contributed by atoms with Crippen LogP contribution in [-0.4, -0.2) is 18.1 Å². The fourth-order valence-electron chi connectivity index (χ4n) is 1.77. The number of hydrogen-bond acceptors (Lipinski definition) is 3. The van der Waals surface area contributed by atoms with Gasteiger partial charge in [0.15, 0.2) is 11.5 Å². The monoisotopic (exact) mass is 369 g/mol. The lowest BCUT2D eigenvalue weighted by atomic mass is 10.1. The highest BCUT2D eigenvalue weighted by Crippen LogP contribution is 2.30. The fraction of sp³-hybridized carbons (Fsp3) is 0.133. The first-order chi connectivity index (χ1) is 9.92. The largest absolute Gasteiger partial charge is 0.504 e. The summed E-state index contributed by atoms with van der Waals surface area (Å²) in [5, 5.41) is 13.0. The van der Waals surface area contributed by atoms with Crippen LogP contribution < -0.4 is 10.1 Å². The summed E-state index contributed by atoms with van der Waals surface area (Å²) in [6.07, 6.45) is 0. The molecule has 2 rings (SSSR count). The van der Waals surface area contributed by atoms with Gasteiger partial charge in [0.1, 0.15) is 0 Å². The smallest absolute Gasteiger partial charge is 0.255 e. The van der Waals surface area contributed by atoms with Crippen LogP contribution in [0.1, 0.15) is 15.9 Å². The van der Waals surface area contributed by atoms with Crippen molar-refractivity contribution in [1.29, 1.82) is 0 Å². The zero-order valence-corrected chi connectivity index (χ0v) is 13.7. The SMILES string of the molecule is COc1ccc(C(=O)Nc2cc(Cl)c(C)cc2Br)cc1O. The molecule has 4 nitrogen and oxygen atoms in total. The van der Waals surface area contributed by atoms with Crippen LogP contribution in [0.3, 0.4) is 0 Å². The lowest BCUT2D eigenvalue weighted by molar-refractivity contribution is 0.102. The standard InChI is InChI=1S/C15H13BrClNO3/c1-8-5-10(16)12(7-11(8)17)18-15(20)9-3-4-14(21-2)13(19)6-9/h3-7,19H,1-2H3,(H,18,20). The van der Waals surface area contributed by atoms with E-state index in [0.717, 1.165) is 10.0 Å². The number of hydrogen-bond donors (Lipinski definition) is 2. The Balaban J connectivity index is 2.26. The molecule has 0 saturated heterocycles. The number of ether oxygens (including phenoxy) is 1. The zero-order valence-electron chi connectivity index (χ0n) is 11.4. The van der Waals surface area contributed by atoms with Gasteiger partial charge in [-0.3, -0.25) is 4.79 Å². The Bertz CT molecular complexity index is 704. The van der Waals surface area contributed by atoms with Crippen molar-refractivity contribution in [1.82, 2.24) is 0 Å². The van der Waals surface area contributed by atoms with Crippen molar-refractivity contribution in [3.05, 3.63) is 51.0 Å². The number of carbonyl (C=O) groups excluding carboxylic acids is 1. The van der Waals surface area contributed by atoms with Gasteiger partial charge in [-0.15, -0.1) is 0 Å². The molecule has 2 aromatic carbocycles. The molecular weight excluding hydrogens is 358 g/mol. The maximum Gasteiger partial charge on any atom is 0.255 e. The van der Waals surface area contributed by atoms with Gasteiger partial charge in [-0.1, -0.05) is 11.6 Å². The van der Waals surface area contributed by atoms with Gasteiger partial charge < -0.3 is 15.2 Å². The fourth-order valence-corrected chi connectivity index (χ4v) is 2.49. The first kappa shape index (κ1) is 15.7. The van der Waals surface area contributed by atoms with Crippen LogP contribution in [0.5, 0.6) is 11.5 Å². The summed E-state index contributed by atoms with van der Waals surface area (Å²) in [6, 6.07) is 7.93. The molecule has 0 aliphatic heterocycles. The van der Waals surface area contributed by atoms with Crippen LogP contribution in [-0.2, 0) is 0 Å². The van der Waals surface area contributed by atoms with Crippen molar-refractivity contribution in [2.75, 3.05) is 12.4 Å². The van der Waals surface area contributed by atoms with E-state index < -0.39 is 0 Å². The van der Waals surface area contributed by atoms with Gasteiger partial charge in [0.05, 0.1) is 12.8 Å². The summed E-state index contributed by atoms with van der Waals surface area (Å²) in [5.41, 5.74) is 1.78. The van der Waals surface area contributed by atoms with E-state index in [1.807, 2.05) is 13.0 Å². The first-order valence-electron chi connectivity index (χ1n) is 6.06. The lowest BCUT2D eigenvalue weighted by Gasteiger charge is -2.10. The Labute approximate surface area is 135 Å². The van der Waals surface area contributed by atoms with Crippen molar-refractivity contribution in [2.45, 2.75) is 6.92 Å². The molecule has 21 heavy (non-hydrogen) atoms. The second kappa shape index (κ2) is 6.37. The molecule has 0 aliphatic rings. The average Bonchev–Trinajstić information content (AvgIpc) is 2.44. The number of aromatic hydroxyl groups is 1. The minimum Gasteiger partial charge on any atom is -0.504 e. The van der Waals surface area contributed by atoms with Crippen LogP contribution >= 0.6 is 27.5 Å². The van der Waals surface area contributed by atoms with E-state index in [-0.39, 0.29) is 11.7 Å². The number of nitrogens with one attached hydrogen (secondary N) is 1. The van der Waals surface area contributed by atoms with Crippen LogP contribution in [0, 0.1) is 6.92 Å². The molecule has 0 fully saturated rings. The van der Waals surface area contributed by atoms with E-state index in [1.165, 1.54) is 19.2 Å². The molecule has 2 aromatic rings. The molecule has 0 radical (unpaired) electrons. The van der Waals surface area contributed by atoms with Crippen LogP contribution in [0.25, 0.3) is 0 Å². The lowest BCUT2D eigenvalue weighted by Crippen LogP contribution is -2.12. The maximum atomic E-state index is 12.2. The van der Waals surface area contributed by atoms with E-state index in [2.05, 4.69) is 21.2 Å². The molecule has 0 aromatic heterocycles. The van der Waals surface area contributed by atoms with Gasteiger partial charge in [-0.05, 0) is 58.7 Å². The molecule has 0 unspecified atom stereocenters. The first-order valence-corrected chi connectivity index (χ1v) is 7.23. The minimum atomic E-state index is -0.353. The molecule has 110 valence electrons. The van der Waals surface area contributed by atoms with E-state index in [9.17, 15) is 9.90 Å². The van der Waals surface area contributed by atoms with Crippen molar-refractivity contribution in [3.8, 4) is 11.5 Å². The van der Waals surface area contributed by atoms with Crippen LogP contribution in [0.2, 0.25) is 5.02 Å². The number of amides is 1. The highest BCUT2D eigenvalue weighted by atomic mass is 79.9. The molecule has 0 heterocycles. The second-order valence-electron chi connectivity index (χ2n) is 4.42. The number of aryl methyl sites for hydroxylation is 1. The third-order valence-corrected chi connectivity index (χ3v) is 4.00. The minimum absolute atomic E-state index is 0.0915. The molecule has 0 bridgehead atoms. The predicted molar refractivity (Wildman–Crippen MR) is 86.5 cm³/mol. The summed E-state index contributed by atoms with van der Waals surface area (Å²) in [7, 11) is 1.44. The molecule has 0 spiro atoms. The summed E-state index contributed by atoms with van der Waals surface area (Å²) in [6.45, 7) is 1.88. The van der Waals surface area contributed by atoms with Crippen molar-refractivity contribution in [3.63, 3.8) is 0 Å². The van der Waals surface area contributed by atoms with Crippen molar-refractivity contribution >= 4 is 39.1 Å². The number of halogens is 2. The number of methoxy groups -OCH3 is 1. The Kier molecular flexibility index (Phi) is 4.75. The van der Waals surface area contributed by atoms with Gasteiger partial charge in [0.2, 0.25) is 0 Å². The van der Waals surface area contributed by atoms with E-state index in [0.29, 0.717) is 22.0 Å². The van der Waals surface area contributed by atoms with E-state index in [1.54, 1.807) is 12.1 Å². The number of carbonyl (C=O) groups is 1. The predicted octanol–water partition coefficient (Wildman–Crippen LogP) is 4.38. The topological polar surface area (TPSA) is 58.6 Å². The highest BCUT2D eigenvalue weighted by Gasteiger charge is 2.12. The molecule has 0 atom stereocenters. The molecule has 2 N–H and O–H groups in total.